The summed E-state index contributed by atoms with van der Waals surface area (Å²) < 4.78 is 5.05. The van der Waals surface area contributed by atoms with Crippen molar-refractivity contribution in [3.05, 3.63) is 0 Å². The molecule has 1 aliphatic rings. The topological polar surface area (TPSA) is 24.5 Å². The second-order valence-corrected chi connectivity index (χ2v) is 4.69. The number of hydrogen-bond acceptors (Lipinski definition) is 3. The molecule has 1 N–H and O–H groups in total. The van der Waals surface area contributed by atoms with Crippen molar-refractivity contribution in [3.8, 4) is 0 Å². The largest absolute Gasteiger partial charge is 0.385 e. The smallest absolute Gasteiger partial charge is 0.0474 e. The third-order valence-electron chi connectivity index (χ3n) is 3.18. The van der Waals surface area contributed by atoms with Crippen LogP contribution >= 0.6 is 0 Å². The fraction of sp³-hybridized carbons (Fsp3) is 1.00. The molecule has 1 unspecified atom stereocenters. The first kappa shape index (κ1) is 12.9. The SMILES string of the molecule is COCCCN(C)C(C)CCNC1CC1. The third-order valence-corrected chi connectivity index (χ3v) is 3.18. The van der Waals surface area contributed by atoms with Crippen LogP contribution in [0.2, 0.25) is 0 Å². The molecule has 3 heteroatoms. The predicted molar refractivity (Wildman–Crippen MR) is 64.2 cm³/mol. The third kappa shape index (κ3) is 6.13. The Labute approximate surface area is 94.2 Å². The number of ether oxygens (including phenoxy) is 1. The highest BCUT2D eigenvalue weighted by molar-refractivity contribution is 4.81. The zero-order valence-corrected chi connectivity index (χ0v) is 10.5. The fourth-order valence-electron chi connectivity index (χ4n) is 1.68. The monoisotopic (exact) mass is 214 g/mol. The van der Waals surface area contributed by atoms with Gasteiger partial charge in [-0.2, -0.15) is 0 Å². The van der Waals surface area contributed by atoms with Gasteiger partial charge in [0, 0.05) is 32.3 Å². The van der Waals surface area contributed by atoms with Crippen LogP contribution in [0.1, 0.15) is 32.6 Å². The summed E-state index contributed by atoms with van der Waals surface area (Å²) in [4.78, 5) is 2.42. The van der Waals surface area contributed by atoms with Crippen LogP contribution in [0.5, 0.6) is 0 Å². The molecule has 0 bridgehead atoms. The van der Waals surface area contributed by atoms with Gasteiger partial charge in [-0.3, -0.25) is 0 Å². The molecule has 0 aromatic carbocycles. The van der Waals surface area contributed by atoms with Crippen molar-refractivity contribution in [3.63, 3.8) is 0 Å². The predicted octanol–water partition coefficient (Wildman–Crippen LogP) is 1.49. The molecule has 1 atom stereocenters. The van der Waals surface area contributed by atoms with Gasteiger partial charge in [0.25, 0.3) is 0 Å². The molecule has 0 aliphatic heterocycles. The first-order chi connectivity index (χ1) is 7.24. The Morgan fingerprint density at radius 2 is 2.20 bits per heavy atom. The Bertz CT molecular complexity index is 160. The van der Waals surface area contributed by atoms with Gasteiger partial charge < -0.3 is 15.0 Å². The second-order valence-electron chi connectivity index (χ2n) is 4.69. The molecule has 3 nitrogen and oxygen atoms in total. The second kappa shape index (κ2) is 7.20. The molecule has 0 aromatic rings. The van der Waals surface area contributed by atoms with Gasteiger partial charge in [0.15, 0.2) is 0 Å². The Kier molecular flexibility index (Phi) is 6.22. The Balaban J connectivity index is 1.95. The minimum atomic E-state index is 0.674. The number of hydrogen-bond donors (Lipinski definition) is 1. The van der Waals surface area contributed by atoms with Gasteiger partial charge in [0.2, 0.25) is 0 Å². The molecule has 0 saturated heterocycles. The highest BCUT2D eigenvalue weighted by atomic mass is 16.5. The summed E-state index contributed by atoms with van der Waals surface area (Å²) in [7, 11) is 3.97. The molecule has 90 valence electrons. The lowest BCUT2D eigenvalue weighted by atomic mass is 10.2. The van der Waals surface area contributed by atoms with Crippen LogP contribution in [0, 0.1) is 0 Å². The van der Waals surface area contributed by atoms with Crippen LogP contribution in [0.25, 0.3) is 0 Å². The molecule has 0 spiro atoms. The van der Waals surface area contributed by atoms with E-state index < -0.39 is 0 Å². The van der Waals surface area contributed by atoms with Crippen LogP contribution in [0.4, 0.5) is 0 Å². The molecule has 1 saturated carbocycles. The number of nitrogens with one attached hydrogen (secondary N) is 1. The number of rotatable bonds is 9. The first-order valence-corrected chi connectivity index (χ1v) is 6.16. The summed E-state index contributed by atoms with van der Waals surface area (Å²) in [5.74, 6) is 0. The lowest BCUT2D eigenvalue weighted by Gasteiger charge is -2.24. The van der Waals surface area contributed by atoms with Gasteiger partial charge in [-0.05, 0) is 46.2 Å². The van der Waals surface area contributed by atoms with Crippen LogP contribution in [0.3, 0.4) is 0 Å². The van der Waals surface area contributed by atoms with E-state index in [1.54, 1.807) is 7.11 Å². The van der Waals surface area contributed by atoms with Crippen LogP contribution in [-0.2, 0) is 4.74 Å². The van der Waals surface area contributed by atoms with Gasteiger partial charge in [0.05, 0.1) is 0 Å². The van der Waals surface area contributed by atoms with Crippen LogP contribution < -0.4 is 5.32 Å². The molecule has 1 aliphatic carbocycles. The van der Waals surface area contributed by atoms with E-state index in [0.29, 0.717) is 6.04 Å². The van der Waals surface area contributed by atoms with Crippen molar-refractivity contribution < 1.29 is 4.74 Å². The minimum Gasteiger partial charge on any atom is -0.385 e. The van der Waals surface area contributed by atoms with Crippen molar-refractivity contribution >= 4 is 0 Å². The van der Waals surface area contributed by atoms with Crippen LogP contribution in [0.15, 0.2) is 0 Å². The van der Waals surface area contributed by atoms with Gasteiger partial charge in [0.1, 0.15) is 0 Å². The molecule has 15 heavy (non-hydrogen) atoms. The van der Waals surface area contributed by atoms with Gasteiger partial charge in [-0.15, -0.1) is 0 Å². The summed E-state index contributed by atoms with van der Waals surface area (Å²) in [6, 6.07) is 1.52. The van der Waals surface area contributed by atoms with E-state index in [9.17, 15) is 0 Å². The molecule has 0 amide bonds. The highest BCUT2D eigenvalue weighted by Crippen LogP contribution is 2.18. The summed E-state index contributed by atoms with van der Waals surface area (Å²) in [5, 5.41) is 3.56. The maximum Gasteiger partial charge on any atom is 0.0474 e. The van der Waals surface area contributed by atoms with Crippen LogP contribution in [-0.4, -0.2) is 50.8 Å². The van der Waals surface area contributed by atoms with Gasteiger partial charge >= 0.3 is 0 Å². The summed E-state index contributed by atoms with van der Waals surface area (Å²) in [6.07, 6.45) is 5.16. The normalized spacial score (nSPS) is 18.4. The lowest BCUT2D eigenvalue weighted by Crippen LogP contribution is -2.33. The number of nitrogens with zero attached hydrogens (tertiary/aromatic N) is 1. The maximum atomic E-state index is 5.05. The molecular formula is C12H26N2O. The van der Waals surface area contributed by atoms with E-state index in [2.05, 4.69) is 24.2 Å². The summed E-state index contributed by atoms with van der Waals surface area (Å²) >= 11 is 0. The van der Waals surface area contributed by atoms with E-state index in [4.69, 9.17) is 4.74 Å². The molecule has 0 aromatic heterocycles. The Morgan fingerprint density at radius 1 is 1.47 bits per heavy atom. The van der Waals surface area contributed by atoms with Gasteiger partial charge in [-0.1, -0.05) is 0 Å². The zero-order valence-electron chi connectivity index (χ0n) is 10.5. The number of methoxy groups -OCH3 is 1. The highest BCUT2D eigenvalue weighted by Gasteiger charge is 2.20. The van der Waals surface area contributed by atoms with E-state index in [0.717, 1.165) is 25.6 Å². The standard InChI is InChI=1S/C12H26N2O/c1-11(7-8-13-12-5-6-12)14(2)9-4-10-15-3/h11-13H,4-10H2,1-3H3. The van der Waals surface area contributed by atoms with E-state index >= 15 is 0 Å². The van der Waals surface area contributed by atoms with Gasteiger partial charge in [-0.25, -0.2) is 0 Å². The fourth-order valence-corrected chi connectivity index (χ4v) is 1.68. The summed E-state index contributed by atoms with van der Waals surface area (Å²) in [6.45, 7) is 5.48. The lowest BCUT2D eigenvalue weighted by molar-refractivity contribution is 0.166. The van der Waals surface area contributed by atoms with E-state index in [1.165, 1.54) is 25.8 Å². The van der Waals surface area contributed by atoms with E-state index in [1.807, 2.05) is 0 Å². The maximum absolute atomic E-state index is 5.05. The average molecular weight is 214 g/mol. The van der Waals surface area contributed by atoms with Crippen molar-refractivity contribution in [1.82, 2.24) is 10.2 Å². The van der Waals surface area contributed by atoms with Crippen molar-refractivity contribution in [2.45, 2.75) is 44.7 Å². The van der Waals surface area contributed by atoms with Crippen molar-refractivity contribution in [2.24, 2.45) is 0 Å². The Morgan fingerprint density at radius 3 is 2.80 bits per heavy atom. The Hall–Kier alpha value is -0.120. The van der Waals surface area contributed by atoms with Crippen molar-refractivity contribution in [2.75, 3.05) is 33.9 Å². The molecule has 1 fully saturated rings. The van der Waals surface area contributed by atoms with E-state index in [-0.39, 0.29) is 0 Å². The first-order valence-electron chi connectivity index (χ1n) is 6.16. The molecule has 0 heterocycles. The molecular weight excluding hydrogens is 188 g/mol. The summed E-state index contributed by atoms with van der Waals surface area (Å²) in [5.41, 5.74) is 0. The quantitative estimate of drug-likeness (QED) is 0.589. The van der Waals surface area contributed by atoms with Crippen molar-refractivity contribution in [1.29, 1.82) is 0 Å². The molecule has 1 rings (SSSR count). The minimum absolute atomic E-state index is 0.674. The zero-order chi connectivity index (χ0) is 11.1. The average Bonchev–Trinajstić information content (AvgIpc) is 3.02. The molecule has 0 radical (unpaired) electrons.